The van der Waals surface area contributed by atoms with Crippen LogP contribution in [0.25, 0.3) is 11.3 Å². The first-order chi connectivity index (χ1) is 14.3. The largest absolute Gasteiger partial charge is 0.497 e. The number of benzene rings is 2. The number of hydrogen-bond acceptors (Lipinski definition) is 4. The van der Waals surface area contributed by atoms with E-state index in [1.165, 1.54) is 5.56 Å². The van der Waals surface area contributed by atoms with Crippen molar-refractivity contribution < 1.29 is 9.47 Å². The number of hydrogen-bond donors (Lipinski definition) is 0. The molecule has 30 heavy (non-hydrogen) atoms. The molecule has 0 fully saturated rings. The first kappa shape index (κ1) is 20.0. The van der Waals surface area contributed by atoms with Gasteiger partial charge in [-0.15, -0.1) is 0 Å². The predicted molar refractivity (Wildman–Crippen MR) is 118 cm³/mol. The lowest BCUT2D eigenvalue weighted by Crippen LogP contribution is -2.41. The number of fused-ring (bicyclic) bond motifs is 3. The third kappa shape index (κ3) is 3.12. The van der Waals surface area contributed by atoms with Crippen LogP contribution in [0.15, 0.2) is 40.1 Å². The molecule has 4 rings (SSSR count). The van der Waals surface area contributed by atoms with Crippen molar-refractivity contribution in [2.24, 2.45) is 12.0 Å². The van der Waals surface area contributed by atoms with Crippen molar-refractivity contribution in [1.82, 2.24) is 9.13 Å². The summed E-state index contributed by atoms with van der Waals surface area (Å²) in [4.78, 5) is 18.2. The van der Waals surface area contributed by atoms with Crippen LogP contribution >= 0.6 is 0 Å². The zero-order chi connectivity index (χ0) is 21.6. The minimum Gasteiger partial charge on any atom is -0.497 e. The van der Waals surface area contributed by atoms with Crippen molar-refractivity contribution in [3.63, 3.8) is 0 Å². The molecule has 1 aliphatic heterocycles. The number of ether oxygens (including phenoxy) is 2. The molecule has 2 heterocycles. The van der Waals surface area contributed by atoms with Crippen molar-refractivity contribution in [3.8, 4) is 22.8 Å². The van der Waals surface area contributed by atoms with E-state index in [1.807, 2.05) is 32.0 Å². The maximum atomic E-state index is 13.2. The highest BCUT2D eigenvalue weighted by atomic mass is 16.5. The molecule has 1 aliphatic rings. The zero-order valence-corrected chi connectivity index (χ0v) is 18.4. The summed E-state index contributed by atoms with van der Waals surface area (Å²) in [7, 11) is 5.04. The van der Waals surface area contributed by atoms with Crippen LogP contribution in [-0.2, 0) is 20.0 Å². The molecule has 156 valence electrons. The third-order valence-electron chi connectivity index (χ3n) is 5.75. The number of aryl methyl sites for hydroxylation is 4. The highest BCUT2D eigenvalue weighted by molar-refractivity contribution is 5.72. The van der Waals surface area contributed by atoms with Gasteiger partial charge in [0.2, 0.25) is 0 Å². The van der Waals surface area contributed by atoms with Crippen LogP contribution in [0.4, 0.5) is 5.69 Å². The summed E-state index contributed by atoms with van der Waals surface area (Å²) in [5, 5.41) is 0. The number of rotatable bonds is 3. The van der Waals surface area contributed by atoms with Crippen LogP contribution in [0.2, 0.25) is 0 Å². The van der Waals surface area contributed by atoms with Gasteiger partial charge in [0.15, 0.2) is 11.2 Å². The maximum Gasteiger partial charge on any atom is 0.330 e. The standard InChI is InChI=1S/C24H27N3O3/c1-14-11-15(2)20(16(3)12-14)25-23-22(30-6)21-19-8-7-18(29-5)13-17(19)9-10-27(21)24(28)26(23)4/h7-8,11-13H,9-10H2,1-6H3. The van der Waals surface area contributed by atoms with Crippen molar-refractivity contribution in [3.05, 3.63) is 68.6 Å². The molecule has 0 saturated heterocycles. The molecular weight excluding hydrogens is 378 g/mol. The summed E-state index contributed by atoms with van der Waals surface area (Å²) in [5.41, 5.74) is 7.49. The molecule has 3 aromatic rings. The first-order valence-corrected chi connectivity index (χ1v) is 10.0. The summed E-state index contributed by atoms with van der Waals surface area (Å²) in [6.07, 6.45) is 0.759. The smallest absolute Gasteiger partial charge is 0.330 e. The second-order valence-electron chi connectivity index (χ2n) is 7.83. The Hall–Kier alpha value is -3.28. The van der Waals surface area contributed by atoms with E-state index >= 15 is 0 Å². The molecular formula is C24H27N3O3. The summed E-state index contributed by atoms with van der Waals surface area (Å²) >= 11 is 0. The molecule has 6 nitrogen and oxygen atoms in total. The van der Waals surface area contributed by atoms with E-state index < -0.39 is 0 Å². The van der Waals surface area contributed by atoms with Crippen LogP contribution in [0.1, 0.15) is 22.3 Å². The van der Waals surface area contributed by atoms with Crippen molar-refractivity contribution in [1.29, 1.82) is 0 Å². The fraction of sp³-hybridized carbons (Fsp3) is 0.333. The Morgan fingerprint density at radius 1 is 1.00 bits per heavy atom. The SMILES string of the molecule is COc1ccc2c(c1)CCn1c-2c(OC)c(=Nc2c(C)cc(C)cc2C)n(C)c1=O. The molecule has 0 spiro atoms. The van der Waals surface area contributed by atoms with Gasteiger partial charge in [-0.05, 0) is 62.1 Å². The maximum absolute atomic E-state index is 13.2. The fourth-order valence-electron chi connectivity index (χ4n) is 4.36. The Morgan fingerprint density at radius 2 is 1.70 bits per heavy atom. The average Bonchev–Trinajstić information content (AvgIpc) is 2.73. The Bertz CT molecular complexity index is 1260. The van der Waals surface area contributed by atoms with E-state index in [0.29, 0.717) is 17.8 Å². The first-order valence-electron chi connectivity index (χ1n) is 10.0. The molecule has 2 aromatic carbocycles. The van der Waals surface area contributed by atoms with Gasteiger partial charge in [0.25, 0.3) is 0 Å². The lowest BCUT2D eigenvalue weighted by Gasteiger charge is -2.25. The van der Waals surface area contributed by atoms with E-state index in [9.17, 15) is 4.79 Å². The summed E-state index contributed by atoms with van der Waals surface area (Å²) in [6, 6.07) is 10.1. The Morgan fingerprint density at radius 3 is 2.33 bits per heavy atom. The Labute approximate surface area is 176 Å². The van der Waals surface area contributed by atoms with Crippen molar-refractivity contribution in [2.45, 2.75) is 33.7 Å². The van der Waals surface area contributed by atoms with Crippen LogP contribution < -0.4 is 20.7 Å². The van der Waals surface area contributed by atoms with Crippen LogP contribution in [0, 0.1) is 20.8 Å². The molecule has 6 heteroatoms. The highest BCUT2D eigenvalue weighted by Gasteiger charge is 2.25. The van der Waals surface area contributed by atoms with Crippen LogP contribution in [-0.4, -0.2) is 23.4 Å². The topological polar surface area (TPSA) is 57.8 Å². The van der Waals surface area contributed by atoms with E-state index in [2.05, 4.69) is 19.1 Å². The minimum atomic E-state index is -0.103. The average molecular weight is 405 g/mol. The molecule has 0 unspecified atom stereocenters. The number of aromatic nitrogens is 2. The van der Waals surface area contributed by atoms with Gasteiger partial charge in [-0.3, -0.25) is 9.13 Å². The normalized spacial score (nSPS) is 13.1. The quantitative estimate of drug-likeness (QED) is 0.669. The number of methoxy groups -OCH3 is 2. The zero-order valence-electron chi connectivity index (χ0n) is 18.4. The van der Waals surface area contributed by atoms with Crippen molar-refractivity contribution in [2.75, 3.05) is 14.2 Å². The molecule has 0 aliphatic carbocycles. The lowest BCUT2D eigenvalue weighted by molar-refractivity contribution is 0.391. The van der Waals surface area contributed by atoms with E-state index in [1.54, 1.807) is 30.4 Å². The van der Waals surface area contributed by atoms with Gasteiger partial charge >= 0.3 is 5.69 Å². The van der Waals surface area contributed by atoms with Gasteiger partial charge in [-0.1, -0.05) is 17.7 Å². The van der Waals surface area contributed by atoms with Gasteiger partial charge < -0.3 is 9.47 Å². The summed E-state index contributed by atoms with van der Waals surface area (Å²) in [6.45, 7) is 6.73. The van der Waals surface area contributed by atoms with E-state index in [4.69, 9.17) is 14.5 Å². The predicted octanol–water partition coefficient (Wildman–Crippen LogP) is 3.58. The molecule has 0 atom stereocenters. The molecule has 0 saturated carbocycles. The van der Waals surface area contributed by atoms with Crippen molar-refractivity contribution >= 4 is 5.69 Å². The van der Waals surface area contributed by atoms with E-state index in [-0.39, 0.29) is 5.69 Å². The fourth-order valence-corrected chi connectivity index (χ4v) is 4.36. The molecule has 0 bridgehead atoms. The monoisotopic (exact) mass is 405 g/mol. The highest BCUT2D eigenvalue weighted by Crippen LogP contribution is 2.35. The molecule has 0 radical (unpaired) electrons. The molecule has 1 aromatic heterocycles. The van der Waals surface area contributed by atoms with Gasteiger partial charge in [0.1, 0.15) is 5.75 Å². The summed E-state index contributed by atoms with van der Waals surface area (Å²) in [5.74, 6) is 1.41. The second kappa shape index (κ2) is 7.52. The Kier molecular flexibility index (Phi) is 5.02. The van der Waals surface area contributed by atoms with Gasteiger partial charge in [-0.25, -0.2) is 9.79 Å². The summed E-state index contributed by atoms with van der Waals surface area (Å²) < 4.78 is 14.6. The van der Waals surface area contributed by atoms with Gasteiger partial charge in [-0.2, -0.15) is 0 Å². The van der Waals surface area contributed by atoms with Crippen LogP contribution in [0.3, 0.4) is 0 Å². The third-order valence-corrected chi connectivity index (χ3v) is 5.75. The second-order valence-corrected chi connectivity index (χ2v) is 7.83. The lowest BCUT2D eigenvalue weighted by atomic mass is 9.97. The van der Waals surface area contributed by atoms with Gasteiger partial charge in [0.05, 0.1) is 25.6 Å². The van der Waals surface area contributed by atoms with E-state index in [0.717, 1.165) is 45.8 Å². The minimum absolute atomic E-state index is 0.103. The van der Waals surface area contributed by atoms with Gasteiger partial charge in [0, 0.05) is 19.2 Å². The number of nitrogens with zero attached hydrogens (tertiary/aromatic N) is 3. The Balaban J connectivity index is 2.08. The molecule has 0 N–H and O–H groups in total. The van der Waals surface area contributed by atoms with Crippen LogP contribution in [0.5, 0.6) is 11.5 Å². The molecule has 0 amide bonds.